The van der Waals surface area contributed by atoms with Gasteiger partial charge >= 0.3 is 0 Å². The van der Waals surface area contributed by atoms with Gasteiger partial charge in [0.15, 0.2) is 5.65 Å². The molecule has 2 aromatic rings. The Morgan fingerprint density at radius 1 is 1.47 bits per heavy atom. The van der Waals surface area contributed by atoms with E-state index in [1.54, 1.807) is 24.2 Å². The van der Waals surface area contributed by atoms with E-state index in [0.29, 0.717) is 17.0 Å². The lowest BCUT2D eigenvalue weighted by Crippen LogP contribution is -2.07. The number of hydrogen-bond donors (Lipinski definition) is 0. The van der Waals surface area contributed by atoms with Crippen molar-refractivity contribution >= 4 is 11.4 Å². The van der Waals surface area contributed by atoms with Gasteiger partial charge in [-0.25, -0.2) is 14.5 Å². The van der Waals surface area contributed by atoms with Gasteiger partial charge in [0.05, 0.1) is 11.9 Å². The van der Waals surface area contributed by atoms with Crippen molar-refractivity contribution in [1.82, 2.24) is 24.5 Å². The molecule has 0 bridgehead atoms. The average molecular weight is 231 g/mol. The van der Waals surface area contributed by atoms with Crippen molar-refractivity contribution < 1.29 is 4.79 Å². The lowest BCUT2D eigenvalue weighted by Gasteiger charge is -2.02. The van der Waals surface area contributed by atoms with E-state index in [0.717, 1.165) is 0 Å². The molecule has 2 heterocycles. The number of hydrogen-bond acceptors (Lipinski definition) is 5. The van der Waals surface area contributed by atoms with Crippen molar-refractivity contribution in [1.29, 1.82) is 0 Å². The van der Waals surface area contributed by atoms with Gasteiger partial charge in [0.2, 0.25) is 5.78 Å². The first-order chi connectivity index (χ1) is 8.09. The number of carbonyl (C=O) groups excluding carboxylic acids is 1. The first-order valence-corrected chi connectivity index (χ1v) is 5.14. The number of nitrogens with zero attached hydrogens (tertiary/aromatic N) is 5. The van der Waals surface area contributed by atoms with Crippen molar-refractivity contribution in [2.24, 2.45) is 0 Å². The molecule has 0 radical (unpaired) electrons. The van der Waals surface area contributed by atoms with Crippen LogP contribution in [0.3, 0.4) is 0 Å². The average Bonchev–Trinajstić information content (AvgIpc) is 2.61. The normalized spacial score (nSPS) is 11.2. The van der Waals surface area contributed by atoms with Crippen LogP contribution in [-0.4, -0.2) is 44.4 Å². The predicted molar refractivity (Wildman–Crippen MR) is 62.7 cm³/mol. The molecule has 0 spiro atoms. The molecule has 0 saturated carbocycles. The standard InChI is InChI=1S/C11H13N5O/c1-8-11(9(17)4-5-15(2)3)16-10(14-8)6-12-7-13-16/h4-7H,1-3H3/b5-4+. The van der Waals surface area contributed by atoms with Gasteiger partial charge in [-0.3, -0.25) is 4.79 Å². The molecular weight excluding hydrogens is 218 g/mol. The quantitative estimate of drug-likeness (QED) is 0.574. The fourth-order valence-corrected chi connectivity index (χ4v) is 1.50. The second kappa shape index (κ2) is 4.32. The third-order valence-electron chi connectivity index (χ3n) is 2.23. The minimum Gasteiger partial charge on any atom is -0.383 e. The van der Waals surface area contributed by atoms with Crippen LogP contribution < -0.4 is 0 Å². The monoisotopic (exact) mass is 231 g/mol. The fourth-order valence-electron chi connectivity index (χ4n) is 1.50. The van der Waals surface area contributed by atoms with E-state index in [2.05, 4.69) is 15.1 Å². The second-order valence-electron chi connectivity index (χ2n) is 3.87. The van der Waals surface area contributed by atoms with Crippen molar-refractivity contribution in [3.63, 3.8) is 0 Å². The van der Waals surface area contributed by atoms with Gasteiger partial charge in [-0.05, 0) is 6.92 Å². The Bertz CT molecular complexity index is 585. The van der Waals surface area contributed by atoms with E-state index >= 15 is 0 Å². The van der Waals surface area contributed by atoms with Crippen molar-refractivity contribution in [3.8, 4) is 0 Å². The van der Waals surface area contributed by atoms with Crippen molar-refractivity contribution in [2.45, 2.75) is 6.92 Å². The molecule has 6 heteroatoms. The zero-order valence-corrected chi connectivity index (χ0v) is 9.95. The molecule has 0 unspecified atom stereocenters. The first-order valence-electron chi connectivity index (χ1n) is 5.14. The van der Waals surface area contributed by atoms with Gasteiger partial charge in [-0.15, -0.1) is 0 Å². The highest BCUT2D eigenvalue weighted by Crippen LogP contribution is 2.10. The maximum atomic E-state index is 12.0. The molecule has 0 atom stereocenters. The maximum Gasteiger partial charge on any atom is 0.207 e. The summed E-state index contributed by atoms with van der Waals surface area (Å²) in [5, 5.41) is 4.02. The Kier molecular flexibility index (Phi) is 2.86. The van der Waals surface area contributed by atoms with Crippen molar-refractivity contribution in [2.75, 3.05) is 14.1 Å². The molecule has 0 fully saturated rings. The second-order valence-corrected chi connectivity index (χ2v) is 3.87. The zero-order chi connectivity index (χ0) is 12.4. The summed E-state index contributed by atoms with van der Waals surface area (Å²) in [5.41, 5.74) is 1.70. The summed E-state index contributed by atoms with van der Waals surface area (Å²) < 4.78 is 1.50. The molecule has 2 aromatic heterocycles. The van der Waals surface area contributed by atoms with Crippen LogP contribution in [-0.2, 0) is 0 Å². The Morgan fingerprint density at radius 2 is 2.24 bits per heavy atom. The molecule has 0 saturated heterocycles. The maximum absolute atomic E-state index is 12.0. The molecule has 6 nitrogen and oxygen atoms in total. The lowest BCUT2D eigenvalue weighted by molar-refractivity contribution is 0.103. The summed E-state index contributed by atoms with van der Waals surface area (Å²) in [7, 11) is 3.71. The van der Waals surface area contributed by atoms with E-state index in [4.69, 9.17) is 0 Å². The van der Waals surface area contributed by atoms with Gasteiger partial charge in [-0.2, -0.15) is 5.10 Å². The first kappa shape index (κ1) is 11.3. The molecule has 17 heavy (non-hydrogen) atoms. The number of fused-ring (bicyclic) bond motifs is 1. The largest absolute Gasteiger partial charge is 0.383 e. The number of allylic oxidation sites excluding steroid dienone is 1. The van der Waals surface area contributed by atoms with Gasteiger partial charge in [0, 0.05) is 26.4 Å². The molecule has 0 aliphatic heterocycles. The number of aromatic nitrogens is 4. The van der Waals surface area contributed by atoms with Crippen LogP contribution in [0.25, 0.3) is 5.65 Å². The van der Waals surface area contributed by atoms with Gasteiger partial charge < -0.3 is 4.90 Å². The van der Waals surface area contributed by atoms with Gasteiger partial charge in [0.25, 0.3) is 0 Å². The third kappa shape index (κ3) is 2.15. The Hall–Kier alpha value is -2.24. The highest BCUT2D eigenvalue weighted by molar-refractivity contribution is 6.04. The number of aryl methyl sites for hydroxylation is 1. The minimum absolute atomic E-state index is 0.123. The van der Waals surface area contributed by atoms with Crippen LogP contribution in [0.15, 0.2) is 24.8 Å². The Morgan fingerprint density at radius 3 is 2.94 bits per heavy atom. The van der Waals surface area contributed by atoms with Crippen LogP contribution in [0.2, 0.25) is 0 Å². The summed E-state index contributed by atoms with van der Waals surface area (Å²) in [6, 6.07) is 0. The minimum atomic E-state index is -0.123. The smallest absolute Gasteiger partial charge is 0.207 e. The van der Waals surface area contributed by atoms with E-state index in [1.807, 2.05) is 14.1 Å². The Balaban J connectivity index is 2.48. The molecule has 2 rings (SSSR count). The van der Waals surface area contributed by atoms with Crippen LogP contribution >= 0.6 is 0 Å². The summed E-state index contributed by atoms with van der Waals surface area (Å²) in [4.78, 5) is 21.9. The van der Waals surface area contributed by atoms with Crippen LogP contribution in [0.4, 0.5) is 0 Å². The fraction of sp³-hybridized carbons (Fsp3) is 0.273. The van der Waals surface area contributed by atoms with Gasteiger partial charge in [0.1, 0.15) is 12.0 Å². The molecule has 0 N–H and O–H groups in total. The SMILES string of the molecule is Cc1nc2cncnn2c1C(=O)/C=C/N(C)C. The number of imidazole rings is 1. The highest BCUT2D eigenvalue weighted by Gasteiger charge is 2.15. The summed E-state index contributed by atoms with van der Waals surface area (Å²) in [5.74, 6) is -0.123. The molecular formula is C11H13N5O. The summed E-state index contributed by atoms with van der Waals surface area (Å²) in [6.45, 7) is 1.78. The highest BCUT2D eigenvalue weighted by atomic mass is 16.1. The van der Waals surface area contributed by atoms with Crippen LogP contribution in [0, 0.1) is 6.92 Å². The van der Waals surface area contributed by atoms with E-state index in [9.17, 15) is 4.79 Å². The number of rotatable bonds is 3. The topological polar surface area (TPSA) is 63.4 Å². The van der Waals surface area contributed by atoms with E-state index in [-0.39, 0.29) is 5.78 Å². The summed E-state index contributed by atoms with van der Waals surface area (Å²) >= 11 is 0. The number of ketones is 1. The third-order valence-corrected chi connectivity index (χ3v) is 2.23. The van der Waals surface area contributed by atoms with E-state index < -0.39 is 0 Å². The molecule has 0 aliphatic rings. The lowest BCUT2D eigenvalue weighted by atomic mass is 10.2. The van der Waals surface area contributed by atoms with Gasteiger partial charge in [-0.1, -0.05) is 0 Å². The molecule has 0 aromatic carbocycles. The molecule has 0 amide bonds. The summed E-state index contributed by atoms with van der Waals surface area (Å²) in [6.07, 6.45) is 6.16. The molecule has 0 aliphatic carbocycles. The van der Waals surface area contributed by atoms with E-state index in [1.165, 1.54) is 16.9 Å². The Labute approximate surface area is 98.6 Å². The van der Waals surface area contributed by atoms with Crippen LogP contribution in [0.5, 0.6) is 0 Å². The van der Waals surface area contributed by atoms with Crippen LogP contribution in [0.1, 0.15) is 16.2 Å². The predicted octanol–water partition coefficient (Wildman–Crippen LogP) is 0.691. The molecule has 88 valence electrons. The number of carbonyl (C=O) groups is 1. The zero-order valence-electron chi connectivity index (χ0n) is 9.95. The van der Waals surface area contributed by atoms with Crippen molar-refractivity contribution in [3.05, 3.63) is 36.2 Å².